The molecule has 0 atom stereocenters. The zero-order valence-corrected chi connectivity index (χ0v) is 6.84. The average Bonchev–Trinajstić information content (AvgIpc) is 2.35. The van der Waals surface area contributed by atoms with Crippen LogP contribution in [0.3, 0.4) is 0 Å². The topological polar surface area (TPSA) is 30.2 Å². The summed E-state index contributed by atoms with van der Waals surface area (Å²) in [5.41, 5.74) is 0.583. The van der Waals surface area contributed by atoms with Crippen LogP contribution in [0.5, 0.6) is 0 Å². The second-order valence-electron chi connectivity index (χ2n) is 2.00. The van der Waals surface area contributed by atoms with Crippen molar-refractivity contribution < 1.29 is 0 Å². The van der Waals surface area contributed by atoms with E-state index in [-0.39, 0.29) is 0 Å². The molecule has 0 radical (unpaired) electrons. The molecule has 0 aliphatic carbocycles. The van der Waals surface area contributed by atoms with Gasteiger partial charge >= 0.3 is 0 Å². The fourth-order valence-electron chi connectivity index (χ4n) is 0.835. The molecule has 0 aromatic carbocycles. The van der Waals surface area contributed by atoms with Crippen molar-refractivity contribution in [2.24, 2.45) is 0 Å². The van der Waals surface area contributed by atoms with Gasteiger partial charge in [0.25, 0.3) is 0 Å². The van der Waals surface area contributed by atoms with Crippen LogP contribution in [-0.4, -0.2) is 14.6 Å². The highest BCUT2D eigenvalue weighted by molar-refractivity contribution is 6.34. The molecule has 3 nitrogen and oxygen atoms in total. The Hall–Kier alpha value is -0.800. The smallest absolute Gasteiger partial charge is 0.175 e. The van der Waals surface area contributed by atoms with Gasteiger partial charge in [-0.2, -0.15) is 5.10 Å². The first kappa shape index (κ1) is 6.88. The van der Waals surface area contributed by atoms with E-state index in [1.165, 1.54) is 10.7 Å². The molecule has 2 aromatic heterocycles. The van der Waals surface area contributed by atoms with Crippen LogP contribution in [0, 0.1) is 0 Å². The van der Waals surface area contributed by atoms with Gasteiger partial charge in [0.1, 0.15) is 10.2 Å². The lowest BCUT2D eigenvalue weighted by Crippen LogP contribution is -1.89. The quantitative estimate of drug-likeness (QED) is 0.592. The Morgan fingerprint density at radius 2 is 2.18 bits per heavy atom. The first-order chi connectivity index (χ1) is 5.29. The maximum atomic E-state index is 5.77. The molecule has 2 rings (SSSR count). The van der Waals surface area contributed by atoms with Crippen molar-refractivity contribution >= 4 is 28.8 Å². The van der Waals surface area contributed by atoms with Crippen LogP contribution in [-0.2, 0) is 0 Å². The molecular formula is C6H3Cl2N3. The van der Waals surface area contributed by atoms with E-state index in [2.05, 4.69) is 10.1 Å². The molecule has 0 aliphatic heterocycles. The van der Waals surface area contributed by atoms with Crippen LogP contribution in [0.1, 0.15) is 0 Å². The van der Waals surface area contributed by atoms with Crippen LogP contribution in [0.2, 0.25) is 10.2 Å². The van der Waals surface area contributed by atoms with Crippen molar-refractivity contribution in [1.82, 2.24) is 14.6 Å². The molecule has 0 spiro atoms. The minimum Gasteiger partial charge on any atom is -0.236 e. The Balaban J connectivity index is 2.94. The number of hydrogen-bond donors (Lipinski definition) is 0. The Kier molecular flexibility index (Phi) is 1.47. The normalized spacial score (nSPS) is 10.7. The number of hydrogen-bond acceptors (Lipinski definition) is 2. The predicted molar refractivity (Wildman–Crippen MR) is 43.0 cm³/mol. The average molecular weight is 188 g/mol. The lowest BCUT2D eigenvalue weighted by atomic mass is 10.6. The second-order valence-corrected chi connectivity index (χ2v) is 2.79. The van der Waals surface area contributed by atoms with E-state index >= 15 is 0 Å². The molecule has 11 heavy (non-hydrogen) atoms. The van der Waals surface area contributed by atoms with Gasteiger partial charge < -0.3 is 0 Å². The molecule has 2 heterocycles. The third-order valence-electron chi connectivity index (χ3n) is 1.31. The largest absolute Gasteiger partial charge is 0.236 e. The van der Waals surface area contributed by atoms with Crippen LogP contribution >= 0.6 is 23.2 Å². The minimum atomic E-state index is 0.502. The highest BCUT2D eigenvalue weighted by Crippen LogP contribution is 2.16. The van der Waals surface area contributed by atoms with Crippen LogP contribution in [0.15, 0.2) is 18.5 Å². The number of fused-ring (bicyclic) bond motifs is 1. The zero-order valence-electron chi connectivity index (χ0n) is 5.33. The van der Waals surface area contributed by atoms with Crippen molar-refractivity contribution in [3.05, 3.63) is 28.6 Å². The van der Waals surface area contributed by atoms with Gasteiger partial charge in [-0.05, 0) is 6.07 Å². The molecule has 0 saturated carbocycles. The first-order valence-corrected chi connectivity index (χ1v) is 3.68. The van der Waals surface area contributed by atoms with Gasteiger partial charge in [0.15, 0.2) is 5.65 Å². The molecular weight excluding hydrogens is 185 g/mol. The summed E-state index contributed by atoms with van der Waals surface area (Å²) < 4.78 is 1.48. The van der Waals surface area contributed by atoms with E-state index in [0.29, 0.717) is 15.8 Å². The maximum Gasteiger partial charge on any atom is 0.175 e. The van der Waals surface area contributed by atoms with Gasteiger partial charge in [-0.1, -0.05) is 23.2 Å². The van der Waals surface area contributed by atoms with Gasteiger partial charge in [0, 0.05) is 6.20 Å². The van der Waals surface area contributed by atoms with Crippen molar-refractivity contribution in [2.45, 2.75) is 0 Å². The van der Waals surface area contributed by atoms with E-state index in [1.807, 2.05) is 0 Å². The second kappa shape index (κ2) is 2.36. The SMILES string of the molecule is Clc1cnn2c(Cl)ccnc12. The Labute approximate surface area is 72.6 Å². The molecule has 0 fully saturated rings. The summed E-state index contributed by atoms with van der Waals surface area (Å²) in [5, 5.41) is 4.92. The van der Waals surface area contributed by atoms with Gasteiger partial charge in [-0.3, -0.25) is 0 Å². The van der Waals surface area contributed by atoms with E-state index in [0.717, 1.165) is 0 Å². The third-order valence-corrected chi connectivity index (χ3v) is 1.86. The predicted octanol–water partition coefficient (Wildman–Crippen LogP) is 2.04. The monoisotopic (exact) mass is 187 g/mol. The standard InChI is InChI=1S/C6H3Cl2N3/c7-4-3-10-11-5(8)1-2-9-6(4)11/h1-3H. The molecule has 0 bridgehead atoms. The van der Waals surface area contributed by atoms with Crippen molar-refractivity contribution in [3.63, 3.8) is 0 Å². The van der Waals surface area contributed by atoms with Gasteiger partial charge in [0.2, 0.25) is 0 Å². The number of rotatable bonds is 0. The fraction of sp³-hybridized carbons (Fsp3) is 0. The van der Waals surface area contributed by atoms with Crippen LogP contribution in [0.25, 0.3) is 5.65 Å². The summed E-state index contributed by atoms with van der Waals surface area (Å²) in [6.45, 7) is 0. The van der Waals surface area contributed by atoms with Gasteiger partial charge in [-0.15, -0.1) is 0 Å². The van der Waals surface area contributed by atoms with Crippen molar-refractivity contribution in [1.29, 1.82) is 0 Å². The highest BCUT2D eigenvalue weighted by atomic mass is 35.5. The maximum absolute atomic E-state index is 5.77. The zero-order chi connectivity index (χ0) is 7.84. The minimum absolute atomic E-state index is 0.502. The molecule has 5 heteroatoms. The van der Waals surface area contributed by atoms with E-state index in [4.69, 9.17) is 23.2 Å². The van der Waals surface area contributed by atoms with Crippen LogP contribution < -0.4 is 0 Å². The fourth-order valence-corrected chi connectivity index (χ4v) is 1.19. The molecule has 0 amide bonds. The molecule has 0 saturated heterocycles. The Morgan fingerprint density at radius 1 is 1.36 bits per heavy atom. The van der Waals surface area contributed by atoms with E-state index in [9.17, 15) is 0 Å². The van der Waals surface area contributed by atoms with E-state index in [1.54, 1.807) is 12.3 Å². The molecule has 0 unspecified atom stereocenters. The van der Waals surface area contributed by atoms with Gasteiger partial charge in [-0.25, -0.2) is 9.50 Å². The Bertz CT molecular complexity index is 396. The molecule has 2 aromatic rings. The lowest BCUT2D eigenvalue weighted by Gasteiger charge is -1.93. The number of aromatic nitrogens is 3. The molecule has 0 aliphatic rings. The number of halogens is 2. The van der Waals surface area contributed by atoms with Crippen molar-refractivity contribution in [2.75, 3.05) is 0 Å². The number of nitrogens with zero attached hydrogens (tertiary/aromatic N) is 3. The Morgan fingerprint density at radius 3 is 2.91 bits per heavy atom. The molecule has 56 valence electrons. The summed E-state index contributed by atoms with van der Waals surface area (Å²) in [6.07, 6.45) is 3.10. The van der Waals surface area contributed by atoms with E-state index < -0.39 is 0 Å². The highest BCUT2D eigenvalue weighted by Gasteiger charge is 2.03. The van der Waals surface area contributed by atoms with Crippen molar-refractivity contribution in [3.8, 4) is 0 Å². The molecule has 0 N–H and O–H groups in total. The first-order valence-electron chi connectivity index (χ1n) is 2.93. The summed E-state index contributed by atoms with van der Waals surface area (Å²) >= 11 is 11.5. The third kappa shape index (κ3) is 0.968. The summed E-state index contributed by atoms with van der Waals surface area (Å²) in [4.78, 5) is 3.99. The lowest BCUT2D eigenvalue weighted by molar-refractivity contribution is 0.940. The van der Waals surface area contributed by atoms with Crippen LogP contribution in [0.4, 0.5) is 0 Å². The van der Waals surface area contributed by atoms with Gasteiger partial charge in [0.05, 0.1) is 6.20 Å². The summed E-state index contributed by atoms with van der Waals surface area (Å²) in [5.74, 6) is 0. The summed E-state index contributed by atoms with van der Waals surface area (Å²) in [6, 6.07) is 1.65. The summed E-state index contributed by atoms with van der Waals surface area (Å²) in [7, 11) is 0.